The number of nitrogens with zero attached hydrogens (tertiary/aromatic N) is 2. The van der Waals surface area contributed by atoms with Crippen molar-refractivity contribution in [3.63, 3.8) is 0 Å². The zero-order valence-electron chi connectivity index (χ0n) is 10.4. The topological polar surface area (TPSA) is 111 Å². The van der Waals surface area contributed by atoms with Gasteiger partial charge in [-0.3, -0.25) is 0 Å². The zero-order chi connectivity index (χ0) is 12.8. The third-order valence-electron chi connectivity index (χ3n) is 2.71. The monoisotopic (exact) mass is 252 g/mol. The van der Waals surface area contributed by atoms with E-state index >= 15 is 0 Å². The summed E-state index contributed by atoms with van der Waals surface area (Å²) in [5.41, 5.74) is 7.99. The lowest BCUT2D eigenvalue weighted by molar-refractivity contribution is 0.124. The lowest BCUT2D eigenvalue weighted by Gasteiger charge is -2.08. The lowest BCUT2D eigenvalue weighted by atomic mass is 10.4. The summed E-state index contributed by atoms with van der Waals surface area (Å²) in [6.45, 7) is 2.46. The smallest absolute Gasteiger partial charge is 0.223 e. The number of nitrogen functional groups attached to an aromatic ring is 2. The van der Waals surface area contributed by atoms with Crippen molar-refractivity contribution < 1.29 is 4.74 Å². The van der Waals surface area contributed by atoms with Crippen LogP contribution in [0.15, 0.2) is 6.07 Å². The Hall–Kier alpha value is -1.60. The molecule has 0 saturated heterocycles. The predicted molar refractivity (Wildman–Crippen MR) is 70.9 cm³/mol. The molecule has 0 amide bonds. The molecule has 1 aliphatic carbocycles. The van der Waals surface area contributed by atoms with Crippen molar-refractivity contribution in [2.45, 2.75) is 19.3 Å². The molecule has 1 aromatic heterocycles. The van der Waals surface area contributed by atoms with E-state index in [1.807, 2.05) is 0 Å². The van der Waals surface area contributed by atoms with E-state index in [0.29, 0.717) is 11.6 Å². The highest BCUT2D eigenvalue weighted by atomic mass is 16.5. The normalized spacial score (nSPS) is 14.5. The summed E-state index contributed by atoms with van der Waals surface area (Å²) in [6.07, 6.45) is 3.59. The highest BCUT2D eigenvalue weighted by Crippen LogP contribution is 2.28. The van der Waals surface area contributed by atoms with Crippen LogP contribution in [0.25, 0.3) is 0 Å². The standard InChI is InChI=1S/C11H20N6O/c12-11-15-9(6-10(16-11)17-13)14-4-1-5-18-7-8-2-3-8/h6,8H,1-5,7,13H2,(H4,12,14,15,16,17). The van der Waals surface area contributed by atoms with Crippen LogP contribution in [-0.4, -0.2) is 29.7 Å². The SMILES string of the molecule is NNc1cc(NCCCOCC2CC2)nc(N)n1. The summed E-state index contributed by atoms with van der Waals surface area (Å²) in [5.74, 6) is 7.44. The van der Waals surface area contributed by atoms with Crippen LogP contribution in [0.1, 0.15) is 19.3 Å². The van der Waals surface area contributed by atoms with Crippen molar-refractivity contribution in [2.75, 3.05) is 36.2 Å². The van der Waals surface area contributed by atoms with Gasteiger partial charge in [0.05, 0.1) is 0 Å². The molecular formula is C11H20N6O. The number of hydrogen-bond donors (Lipinski definition) is 4. The first-order valence-corrected chi connectivity index (χ1v) is 6.20. The zero-order valence-corrected chi connectivity index (χ0v) is 10.4. The first-order chi connectivity index (χ1) is 8.78. The van der Waals surface area contributed by atoms with E-state index in [4.69, 9.17) is 16.3 Å². The molecular weight excluding hydrogens is 232 g/mol. The first kappa shape index (κ1) is 12.8. The van der Waals surface area contributed by atoms with Gasteiger partial charge in [-0.15, -0.1) is 0 Å². The second-order valence-electron chi connectivity index (χ2n) is 4.44. The Bertz CT molecular complexity index is 382. The minimum atomic E-state index is 0.193. The Kier molecular flexibility index (Phi) is 4.54. The molecule has 1 aliphatic rings. The molecule has 0 bridgehead atoms. The molecule has 0 unspecified atom stereocenters. The maximum atomic E-state index is 5.54. The Balaban J connectivity index is 1.63. The largest absolute Gasteiger partial charge is 0.381 e. The van der Waals surface area contributed by atoms with Gasteiger partial charge in [0, 0.05) is 25.8 Å². The molecule has 100 valence electrons. The van der Waals surface area contributed by atoms with E-state index < -0.39 is 0 Å². The van der Waals surface area contributed by atoms with Crippen molar-refractivity contribution in [1.82, 2.24) is 9.97 Å². The van der Waals surface area contributed by atoms with Gasteiger partial charge >= 0.3 is 0 Å². The molecule has 0 spiro atoms. The van der Waals surface area contributed by atoms with Crippen molar-refractivity contribution in [3.8, 4) is 0 Å². The maximum Gasteiger partial charge on any atom is 0.223 e. The molecule has 1 fully saturated rings. The van der Waals surface area contributed by atoms with Gasteiger partial charge in [0.25, 0.3) is 0 Å². The van der Waals surface area contributed by atoms with Gasteiger partial charge in [0.1, 0.15) is 11.6 Å². The average molecular weight is 252 g/mol. The van der Waals surface area contributed by atoms with Gasteiger partial charge in [0.2, 0.25) is 5.95 Å². The molecule has 1 aromatic rings. The summed E-state index contributed by atoms with van der Waals surface area (Å²) in [5, 5.41) is 3.16. The highest BCUT2D eigenvalue weighted by Gasteiger charge is 2.20. The summed E-state index contributed by atoms with van der Waals surface area (Å²) >= 11 is 0. The minimum absolute atomic E-state index is 0.193. The Morgan fingerprint density at radius 2 is 2.11 bits per heavy atom. The molecule has 1 heterocycles. The molecule has 2 rings (SSSR count). The van der Waals surface area contributed by atoms with E-state index in [1.165, 1.54) is 12.8 Å². The van der Waals surface area contributed by atoms with E-state index in [9.17, 15) is 0 Å². The molecule has 18 heavy (non-hydrogen) atoms. The highest BCUT2D eigenvalue weighted by molar-refractivity contribution is 5.50. The number of nitrogens with one attached hydrogen (secondary N) is 2. The average Bonchev–Trinajstić information content (AvgIpc) is 3.17. The molecule has 1 saturated carbocycles. The van der Waals surface area contributed by atoms with Gasteiger partial charge < -0.3 is 21.2 Å². The van der Waals surface area contributed by atoms with Gasteiger partial charge in [-0.1, -0.05) is 0 Å². The van der Waals surface area contributed by atoms with Crippen molar-refractivity contribution in [1.29, 1.82) is 0 Å². The van der Waals surface area contributed by atoms with Crippen LogP contribution in [0.5, 0.6) is 0 Å². The van der Waals surface area contributed by atoms with Crippen LogP contribution in [0.2, 0.25) is 0 Å². The number of hydrazine groups is 1. The van der Waals surface area contributed by atoms with Crippen molar-refractivity contribution >= 4 is 17.6 Å². The summed E-state index contributed by atoms with van der Waals surface area (Å²) in [4.78, 5) is 7.96. The molecule has 0 aliphatic heterocycles. The molecule has 7 nitrogen and oxygen atoms in total. The summed E-state index contributed by atoms with van der Waals surface area (Å²) in [7, 11) is 0. The first-order valence-electron chi connectivity index (χ1n) is 6.20. The van der Waals surface area contributed by atoms with Crippen molar-refractivity contribution in [2.24, 2.45) is 11.8 Å². The molecule has 0 atom stereocenters. The fraction of sp³-hybridized carbons (Fsp3) is 0.636. The number of rotatable bonds is 8. The molecule has 6 N–H and O–H groups in total. The number of aromatic nitrogens is 2. The van der Waals surface area contributed by atoms with Crippen LogP contribution in [0.4, 0.5) is 17.6 Å². The number of anilines is 3. The van der Waals surface area contributed by atoms with Gasteiger partial charge in [-0.25, -0.2) is 5.84 Å². The third kappa shape index (κ3) is 4.34. The van der Waals surface area contributed by atoms with E-state index in [0.717, 1.165) is 32.1 Å². The summed E-state index contributed by atoms with van der Waals surface area (Å²) < 4.78 is 5.53. The van der Waals surface area contributed by atoms with Crippen LogP contribution < -0.4 is 22.3 Å². The van der Waals surface area contributed by atoms with Crippen LogP contribution >= 0.6 is 0 Å². The maximum absolute atomic E-state index is 5.54. The van der Waals surface area contributed by atoms with Crippen LogP contribution in [0.3, 0.4) is 0 Å². The number of ether oxygens (including phenoxy) is 1. The number of nitrogens with two attached hydrogens (primary N) is 2. The quantitative estimate of drug-likeness (QED) is 0.304. The van der Waals surface area contributed by atoms with Gasteiger partial charge in [-0.2, -0.15) is 9.97 Å². The Labute approximate surface area is 106 Å². The van der Waals surface area contributed by atoms with E-state index in [2.05, 4.69) is 20.7 Å². The molecule has 0 aromatic carbocycles. The second kappa shape index (κ2) is 6.36. The summed E-state index contributed by atoms with van der Waals surface area (Å²) in [6, 6.07) is 1.71. The Morgan fingerprint density at radius 1 is 1.33 bits per heavy atom. The molecule has 0 radical (unpaired) electrons. The third-order valence-corrected chi connectivity index (χ3v) is 2.71. The minimum Gasteiger partial charge on any atom is -0.381 e. The van der Waals surface area contributed by atoms with E-state index in [-0.39, 0.29) is 5.95 Å². The Morgan fingerprint density at radius 3 is 2.83 bits per heavy atom. The number of hydrogen-bond acceptors (Lipinski definition) is 7. The van der Waals surface area contributed by atoms with Gasteiger partial charge in [-0.05, 0) is 25.2 Å². The van der Waals surface area contributed by atoms with Crippen LogP contribution in [0, 0.1) is 5.92 Å². The van der Waals surface area contributed by atoms with Crippen molar-refractivity contribution in [3.05, 3.63) is 6.07 Å². The lowest BCUT2D eigenvalue weighted by Crippen LogP contribution is -2.13. The fourth-order valence-electron chi connectivity index (χ4n) is 1.56. The van der Waals surface area contributed by atoms with Crippen LogP contribution in [-0.2, 0) is 4.74 Å². The second-order valence-corrected chi connectivity index (χ2v) is 4.44. The molecule has 7 heteroatoms. The fourth-order valence-corrected chi connectivity index (χ4v) is 1.56. The van der Waals surface area contributed by atoms with E-state index in [1.54, 1.807) is 6.07 Å². The predicted octanol–water partition coefficient (Wildman–Crippen LogP) is 0.573. The van der Waals surface area contributed by atoms with Gasteiger partial charge in [0.15, 0.2) is 0 Å².